The van der Waals surface area contributed by atoms with Crippen molar-refractivity contribution >= 4 is 11.9 Å². The van der Waals surface area contributed by atoms with Crippen LogP contribution < -0.4 is 0 Å². The van der Waals surface area contributed by atoms with Crippen molar-refractivity contribution in [2.45, 2.75) is 53.9 Å². The van der Waals surface area contributed by atoms with Gasteiger partial charge in [0.15, 0.2) is 0 Å². The third-order valence-electron chi connectivity index (χ3n) is 4.58. The number of aliphatic carboxylic acids is 2. The molecular formula is C21H28O4. The van der Waals surface area contributed by atoms with Crippen LogP contribution in [-0.4, -0.2) is 22.2 Å². The van der Waals surface area contributed by atoms with E-state index in [0.717, 1.165) is 12.0 Å². The molecule has 25 heavy (non-hydrogen) atoms. The van der Waals surface area contributed by atoms with Gasteiger partial charge in [-0.1, -0.05) is 55.4 Å². The maximum Gasteiger partial charge on any atom is 0.343 e. The lowest BCUT2D eigenvalue weighted by atomic mass is 9.72. The van der Waals surface area contributed by atoms with Crippen LogP contribution in [0.1, 0.15) is 53.9 Å². The van der Waals surface area contributed by atoms with Gasteiger partial charge in [0.2, 0.25) is 0 Å². The van der Waals surface area contributed by atoms with Crippen LogP contribution in [0, 0.1) is 5.41 Å². The molecular weight excluding hydrogens is 316 g/mol. The Morgan fingerprint density at radius 3 is 2.20 bits per heavy atom. The molecule has 0 heterocycles. The van der Waals surface area contributed by atoms with Gasteiger partial charge in [0.1, 0.15) is 5.57 Å². The Kier molecular flexibility index (Phi) is 7.16. The number of hydrogen-bond acceptors (Lipinski definition) is 2. The van der Waals surface area contributed by atoms with E-state index >= 15 is 0 Å². The molecule has 0 aliphatic heterocycles. The SMILES string of the molecule is CC(\C=C/C=C(C)/C=C/C1=C(C)CCCC1(C)C)=C(C(=O)O)C(=O)O. The highest BCUT2D eigenvalue weighted by atomic mass is 16.4. The monoisotopic (exact) mass is 344 g/mol. The van der Waals surface area contributed by atoms with E-state index in [1.807, 2.05) is 19.1 Å². The summed E-state index contributed by atoms with van der Waals surface area (Å²) in [4.78, 5) is 21.9. The van der Waals surface area contributed by atoms with Crippen molar-refractivity contribution in [2.75, 3.05) is 0 Å². The first-order valence-electron chi connectivity index (χ1n) is 8.47. The minimum atomic E-state index is -1.43. The van der Waals surface area contributed by atoms with E-state index in [9.17, 15) is 9.59 Å². The first-order chi connectivity index (χ1) is 11.6. The molecule has 0 saturated heterocycles. The lowest BCUT2D eigenvalue weighted by Gasteiger charge is -2.32. The van der Waals surface area contributed by atoms with Crippen LogP contribution in [0.4, 0.5) is 0 Å². The van der Waals surface area contributed by atoms with Gasteiger partial charge in [0.25, 0.3) is 0 Å². The Morgan fingerprint density at radius 1 is 1.08 bits per heavy atom. The zero-order chi connectivity index (χ0) is 19.2. The summed E-state index contributed by atoms with van der Waals surface area (Å²) < 4.78 is 0. The molecule has 136 valence electrons. The van der Waals surface area contributed by atoms with Gasteiger partial charge < -0.3 is 10.2 Å². The van der Waals surface area contributed by atoms with Crippen molar-refractivity contribution in [3.63, 3.8) is 0 Å². The van der Waals surface area contributed by atoms with E-state index in [2.05, 4.69) is 26.8 Å². The number of carboxylic acids is 2. The van der Waals surface area contributed by atoms with Gasteiger partial charge in [-0.3, -0.25) is 0 Å². The van der Waals surface area contributed by atoms with Crippen LogP contribution in [0.15, 0.2) is 58.2 Å². The third kappa shape index (κ3) is 5.89. The first-order valence-corrected chi connectivity index (χ1v) is 8.47. The quantitative estimate of drug-likeness (QED) is 0.306. The summed E-state index contributed by atoms with van der Waals surface area (Å²) in [6.07, 6.45) is 12.8. The van der Waals surface area contributed by atoms with Crippen molar-refractivity contribution in [1.29, 1.82) is 0 Å². The molecule has 0 aromatic carbocycles. The normalized spacial score (nSPS) is 18.0. The lowest BCUT2D eigenvalue weighted by Crippen LogP contribution is -2.19. The largest absolute Gasteiger partial charge is 0.477 e. The van der Waals surface area contributed by atoms with E-state index in [-0.39, 0.29) is 11.0 Å². The van der Waals surface area contributed by atoms with Gasteiger partial charge in [0, 0.05) is 0 Å². The average molecular weight is 344 g/mol. The maximum atomic E-state index is 10.9. The number of hydrogen-bond donors (Lipinski definition) is 2. The van der Waals surface area contributed by atoms with E-state index < -0.39 is 17.5 Å². The summed E-state index contributed by atoms with van der Waals surface area (Å²) in [5.41, 5.74) is 3.61. The summed E-state index contributed by atoms with van der Waals surface area (Å²) >= 11 is 0. The van der Waals surface area contributed by atoms with Crippen molar-refractivity contribution in [3.05, 3.63) is 58.2 Å². The predicted molar refractivity (Wildman–Crippen MR) is 100 cm³/mol. The van der Waals surface area contributed by atoms with Gasteiger partial charge >= 0.3 is 11.9 Å². The van der Waals surface area contributed by atoms with Gasteiger partial charge in [-0.15, -0.1) is 0 Å². The number of carboxylic acid groups (broad SMARTS) is 2. The first kappa shape index (κ1) is 20.7. The fraction of sp³-hybridized carbons (Fsp3) is 0.429. The molecule has 0 aromatic rings. The average Bonchev–Trinajstić information content (AvgIpc) is 2.45. The second-order valence-electron chi connectivity index (χ2n) is 7.20. The molecule has 4 heteroatoms. The summed E-state index contributed by atoms with van der Waals surface area (Å²) in [7, 11) is 0. The highest BCUT2D eigenvalue weighted by Gasteiger charge is 2.26. The van der Waals surface area contributed by atoms with Crippen molar-refractivity contribution < 1.29 is 19.8 Å². The molecule has 1 aliphatic carbocycles. The zero-order valence-corrected chi connectivity index (χ0v) is 15.7. The fourth-order valence-electron chi connectivity index (χ4n) is 3.14. The van der Waals surface area contributed by atoms with Crippen molar-refractivity contribution in [3.8, 4) is 0 Å². The topological polar surface area (TPSA) is 74.6 Å². The van der Waals surface area contributed by atoms with Crippen LogP contribution in [0.5, 0.6) is 0 Å². The van der Waals surface area contributed by atoms with E-state index in [1.165, 1.54) is 37.0 Å². The van der Waals surface area contributed by atoms with Crippen LogP contribution in [0.2, 0.25) is 0 Å². The van der Waals surface area contributed by atoms with Crippen LogP contribution in [-0.2, 0) is 9.59 Å². The van der Waals surface area contributed by atoms with Crippen LogP contribution in [0.3, 0.4) is 0 Å². The van der Waals surface area contributed by atoms with E-state index in [4.69, 9.17) is 10.2 Å². The second-order valence-corrected chi connectivity index (χ2v) is 7.20. The Hall–Kier alpha value is -2.36. The van der Waals surface area contributed by atoms with Crippen molar-refractivity contribution in [1.82, 2.24) is 0 Å². The molecule has 0 atom stereocenters. The lowest BCUT2D eigenvalue weighted by molar-refractivity contribution is -0.140. The fourth-order valence-corrected chi connectivity index (χ4v) is 3.14. The number of allylic oxidation sites excluding steroid dienone is 9. The van der Waals surface area contributed by atoms with Gasteiger partial charge in [-0.2, -0.15) is 0 Å². The molecule has 1 rings (SSSR count). The Morgan fingerprint density at radius 2 is 1.68 bits per heavy atom. The maximum absolute atomic E-state index is 10.9. The Balaban J connectivity index is 2.94. The van der Waals surface area contributed by atoms with E-state index in [1.54, 1.807) is 6.08 Å². The van der Waals surface area contributed by atoms with Crippen LogP contribution in [0.25, 0.3) is 0 Å². The standard InChI is InChI=1S/C21H28O4/c1-14(8-6-9-16(3)18(19(22)23)20(24)25)11-12-17-15(2)10-7-13-21(17,4)5/h6,8-9,11-12H,7,10,13H2,1-5H3,(H,22,23)(H,24,25)/b9-6-,12-11+,14-8+. The third-order valence-corrected chi connectivity index (χ3v) is 4.58. The second kappa shape index (κ2) is 8.65. The zero-order valence-electron chi connectivity index (χ0n) is 15.7. The molecule has 0 amide bonds. The predicted octanol–water partition coefficient (Wildman–Crippen LogP) is 5.06. The molecule has 0 unspecified atom stereocenters. The molecule has 4 nitrogen and oxygen atoms in total. The Bertz CT molecular complexity index is 681. The molecule has 0 aromatic heterocycles. The van der Waals surface area contributed by atoms with E-state index in [0.29, 0.717) is 0 Å². The summed E-state index contributed by atoms with van der Waals surface area (Å²) in [6.45, 7) is 10.2. The number of rotatable bonds is 6. The highest BCUT2D eigenvalue weighted by Crippen LogP contribution is 2.40. The van der Waals surface area contributed by atoms with Gasteiger partial charge in [-0.25, -0.2) is 9.59 Å². The summed E-state index contributed by atoms with van der Waals surface area (Å²) in [6, 6.07) is 0. The minimum absolute atomic E-state index is 0.187. The number of carbonyl (C=O) groups is 2. The van der Waals surface area contributed by atoms with Gasteiger partial charge in [0.05, 0.1) is 0 Å². The van der Waals surface area contributed by atoms with Crippen LogP contribution >= 0.6 is 0 Å². The molecule has 0 radical (unpaired) electrons. The molecule has 2 N–H and O–H groups in total. The summed E-state index contributed by atoms with van der Waals surface area (Å²) in [5.74, 6) is -2.87. The molecule has 0 bridgehead atoms. The Labute approximate surface area is 149 Å². The highest BCUT2D eigenvalue weighted by molar-refractivity contribution is 6.13. The minimum Gasteiger partial charge on any atom is -0.477 e. The van der Waals surface area contributed by atoms with Gasteiger partial charge in [-0.05, 0) is 56.6 Å². The van der Waals surface area contributed by atoms with Crippen molar-refractivity contribution in [2.24, 2.45) is 5.41 Å². The molecule has 0 saturated carbocycles. The molecule has 1 aliphatic rings. The molecule has 0 spiro atoms. The summed E-state index contributed by atoms with van der Waals surface area (Å²) in [5, 5.41) is 17.8. The molecule has 0 fully saturated rings. The smallest absolute Gasteiger partial charge is 0.343 e.